The normalized spacial score (nSPS) is 9.15. The Bertz CT molecular complexity index is 375. The fraction of sp³-hybridized carbons (Fsp3) is 0.125. The third-order valence-electron chi connectivity index (χ3n) is 1.36. The summed E-state index contributed by atoms with van der Waals surface area (Å²) in [6.45, 7) is 0. The zero-order valence-corrected chi connectivity index (χ0v) is 9.02. The van der Waals surface area contributed by atoms with Gasteiger partial charge in [-0.15, -0.1) is 0 Å². The Morgan fingerprint density at radius 1 is 1.62 bits per heavy atom. The molecule has 0 N–H and O–H groups in total. The Labute approximate surface area is 88.5 Å². The molecule has 0 atom stereocenters. The molecule has 0 radical (unpaired) electrons. The molecule has 0 saturated heterocycles. The van der Waals surface area contributed by atoms with Crippen molar-refractivity contribution in [3.05, 3.63) is 21.6 Å². The maximum atomic E-state index is 10.1. The summed E-state index contributed by atoms with van der Waals surface area (Å²) >= 11 is 8.97. The zero-order valence-electron chi connectivity index (χ0n) is 6.67. The quantitative estimate of drug-likeness (QED) is 0.607. The van der Waals surface area contributed by atoms with Crippen molar-refractivity contribution >= 4 is 39.3 Å². The Morgan fingerprint density at radius 2 is 2.31 bits per heavy atom. The molecule has 0 fully saturated rings. The van der Waals surface area contributed by atoms with Crippen molar-refractivity contribution in [2.75, 3.05) is 7.11 Å². The van der Waals surface area contributed by atoms with Crippen LogP contribution in [-0.4, -0.2) is 13.2 Å². The van der Waals surface area contributed by atoms with Gasteiger partial charge in [0.1, 0.15) is 5.69 Å². The van der Waals surface area contributed by atoms with E-state index in [1.54, 1.807) is 6.07 Å². The van der Waals surface area contributed by atoms with E-state index in [9.17, 15) is 4.79 Å². The summed E-state index contributed by atoms with van der Waals surface area (Å²) in [6, 6.07) is 3.18. The minimum absolute atomic E-state index is 0.358. The van der Waals surface area contributed by atoms with Crippen LogP contribution in [0.2, 0.25) is 5.02 Å². The molecule has 0 aliphatic heterocycles. The van der Waals surface area contributed by atoms with Crippen molar-refractivity contribution in [2.45, 2.75) is 0 Å². The summed E-state index contributed by atoms with van der Waals surface area (Å²) < 4.78 is 5.66. The summed E-state index contributed by atoms with van der Waals surface area (Å²) in [4.78, 5) is 13.5. The van der Waals surface area contributed by atoms with E-state index in [1.165, 1.54) is 19.3 Å². The van der Waals surface area contributed by atoms with Crippen LogP contribution in [0.4, 0.5) is 5.69 Å². The molecule has 0 aromatic heterocycles. The molecular weight excluding hydrogens is 257 g/mol. The molecule has 68 valence electrons. The van der Waals surface area contributed by atoms with Crippen molar-refractivity contribution in [1.29, 1.82) is 0 Å². The van der Waals surface area contributed by atoms with Crippen molar-refractivity contribution in [3.8, 4) is 5.75 Å². The summed E-state index contributed by atoms with van der Waals surface area (Å²) in [6.07, 6.45) is 1.43. The first-order chi connectivity index (χ1) is 6.19. The number of isocyanates is 1. The summed E-state index contributed by atoms with van der Waals surface area (Å²) in [7, 11) is 1.48. The second kappa shape index (κ2) is 4.42. The second-order valence-electron chi connectivity index (χ2n) is 2.14. The van der Waals surface area contributed by atoms with E-state index in [0.717, 1.165) is 0 Å². The molecule has 0 aliphatic carbocycles. The Morgan fingerprint density at radius 3 is 2.85 bits per heavy atom. The maximum absolute atomic E-state index is 10.1. The van der Waals surface area contributed by atoms with Gasteiger partial charge in [-0.3, -0.25) is 0 Å². The standard InChI is InChI=1S/C8H5BrClNO2/c1-13-8-6(9)2-5(10)3-7(8)11-4-12/h2-3H,1H3. The van der Waals surface area contributed by atoms with Gasteiger partial charge in [0.15, 0.2) is 5.75 Å². The maximum Gasteiger partial charge on any atom is 0.240 e. The van der Waals surface area contributed by atoms with Crippen molar-refractivity contribution in [1.82, 2.24) is 0 Å². The van der Waals surface area contributed by atoms with Crippen LogP contribution in [0.3, 0.4) is 0 Å². The number of benzene rings is 1. The number of carbonyl (C=O) groups excluding carboxylic acids is 1. The van der Waals surface area contributed by atoms with Gasteiger partial charge < -0.3 is 4.74 Å². The van der Waals surface area contributed by atoms with E-state index in [4.69, 9.17) is 16.3 Å². The van der Waals surface area contributed by atoms with Crippen molar-refractivity contribution < 1.29 is 9.53 Å². The molecule has 0 amide bonds. The largest absolute Gasteiger partial charge is 0.493 e. The van der Waals surface area contributed by atoms with Crippen molar-refractivity contribution in [2.24, 2.45) is 4.99 Å². The van der Waals surface area contributed by atoms with Crippen LogP contribution in [0, 0.1) is 0 Å². The lowest BCUT2D eigenvalue weighted by molar-refractivity contribution is 0.413. The molecule has 0 bridgehead atoms. The lowest BCUT2D eigenvalue weighted by Crippen LogP contribution is -1.85. The van der Waals surface area contributed by atoms with E-state index in [-0.39, 0.29) is 0 Å². The van der Waals surface area contributed by atoms with E-state index >= 15 is 0 Å². The predicted molar refractivity (Wildman–Crippen MR) is 53.5 cm³/mol. The molecule has 0 spiro atoms. The van der Waals surface area contributed by atoms with Gasteiger partial charge in [0.2, 0.25) is 6.08 Å². The van der Waals surface area contributed by atoms with E-state index in [2.05, 4.69) is 20.9 Å². The average Bonchev–Trinajstić information content (AvgIpc) is 2.04. The zero-order chi connectivity index (χ0) is 9.84. The number of rotatable bonds is 2. The average molecular weight is 262 g/mol. The molecule has 1 aromatic carbocycles. The molecule has 1 rings (SSSR count). The molecule has 13 heavy (non-hydrogen) atoms. The highest BCUT2D eigenvalue weighted by molar-refractivity contribution is 9.10. The minimum Gasteiger partial charge on any atom is -0.493 e. The fourth-order valence-corrected chi connectivity index (χ4v) is 1.84. The number of methoxy groups -OCH3 is 1. The summed E-state index contributed by atoms with van der Waals surface area (Å²) in [5, 5.41) is 0.474. The van der Waals surface area contributed by atoms with Gasteiger partial charge in [0.05, 0.1) is 11.6 Å². The van der Waals surface area contributed by atoms with E-state index in [0.29, 0.717) is 20.9 Å². The third kappa shape index (κ3) is 2.31. The molecule has 0 aliphatic rings. The van der Waals surface area contributed by atoms with Crippen LogP contribution in [-0.2, 0) is 4.79 Å². The first kappa shape index (κ1) is 10.3. The highest BCUT2D eigenvalue weighted by Gasteiger charge is 2.08. The number of hydrogen-bond acceptors (Lipinski definition) is 3. The lowest BCUT2D eigenvalue weighted by Gasteiger charge is -2.05. The number of nitrogens with zero attached hydrogens (tertiary/aromatic N) is 1. The Balaban J connectivity index is 3.37. The molecular formula is C8H5BrClNO2. The SMILES string of the molecule is COc1c(Br)cc(Cl)cc1N=C=O. The van der Waals surface area contributed by atoms with Crippen LogP contribution < -0.4 is 4.74 Å². The Hall–Kier alpha value is -0.830. The molecule has 1 aromatic rings. The fourth-order valence-electron chi connectivity index (χ4n) is 0.881. The van der Waals surface area contributed by atoms with E-state index < -0.39 is 0 Å². The molecule has 0 unspecified atom stereocenters. The molecule has 5 heteroatoms. The molecule has 0 heterocycles. The van der Waals surface area contributed by atoms with Crippen LogP contribution in [0.5, 0.6) is 5.75 Å². The molecule has 3 nitrogen and oxygen atoms in total. The van der Waals surface area contributed by atoms with Crippen LogP contribution >= 0.6 is 27.5 Å². The molecule has 0 saturated carbocycles. The van der Waals surface area contributed by atoms with Gasteiger partial charge in [-0.25, -0.2) is 4.79 Å². The van der Waals surface area contributed by atoms with E-state index in [1.807, 2.05) is 0 Å². The Kier molecular flexibility index (Phi) is 3.48. The highest BCUT2D eigenvalue weighted by atomic mass is 79.9. The summed E-state index contributed by atoms with van der Waals surface area (Å²) in [5.74, 6) is 0.466. The van der Waals surface area contributed by atoms with Gasteiger partial charge in [-0.1, -0.05) is 11.6 Å². The summed E-state index contributed by atoms with van der Waals surface area (Å²) in [5.41, 5.74) is 0.358. The van der Waals surface area contributed by atoms with Gasteiger partial charge in [-0.2, -0.15) is 4.99 Å². The lowest BCUT2D eigenvalue weighted by atomic mass is 10.3. The smallest absolute Gasteiger partial charge is 0.240 e. The van der Waals surface area contributed by atoms with Gasteiger partial charge >= 0.3 is 0 Å². The van der Waals surface area contributed by atoms with Crippen LogP contribution in [0.25, 0.3) is 0 Å². The first-order valence-corrected chi connectivity index (χ1v) is 4.47. The monoisotopic (exact) mass is 261 g/mol. The number of halogens is 2. The minimum atomic E-state index is 0.358. The van der Waals surface area contributed by atoms with Gasteiger partial charge in [0, 0.05) is 5.02 Å². The van der Waals surface area contributed by atoms with Crippen LogP contribution in [0.1, 0.15) is 0 Å². The number of ether oxygens (including phenoxy) is 1. The predicted octanol–water partition coefficient (Wildman–Crippen LogP) is 3.08. The number of hydrogen-bond donors (Lipinski definition) is 0. The second-order valence-corrected chi connectivity index (χ2v) is 3.43. The van der Waals surface area contributed by atoms with Gasteiger partial charge in [-0.05, 0) is 28.1 Å². The van der Waals surface area contributed by atoms with Crippen molar-refractivity contribution in [3.63, 3.8) is 0 Å². The van der Waals surface area contributed by atoms with Crippen LogP contribution in [0.15, 0.2) is 21.6 Å². The van der Waals surface area contributed by atoms with Gasteiger partial charge in [0.25, 0.3) is 0 Å². The highest BCUT2D eigenvalue weighted by Crippen LogP contribution is 2.37. The number of aliphatic imine (C=N–C) groups is 1. The first-order valence-electron chi connectivity index (χ1n) is 3.30. The topological polar surface area (TPSA) is 38.7 Å². The third-order valence-corrected chi connectivity index (χ3v) is 2.17.